The van der Waals surface area contributed by atoms with E-state index in [-0.39, 0.29) is 5.69 Å². The van der Waals surface area contributed by atoms with E-state index in [1.165, 1.54) is 16.3 Å². The van der Waals surface area contributed by atoms with Crippen LogP contribution >= 0.6 is 11.8 Å². The number of rotatable bonds is 6. The van der Waals surface area contributed by atoms with Crippen LogP contribution in [-0.4, -0.2) is 33.8 Å². The summed E-state index contributed by atoms with van der Waals surface area (Å²) >= 11 is 1.43. The summed E-state index contributed by atoms with van der Waals surface area (Å²) in [7, 11) is 3.23. The summed E-state index contributed by atoms with van der Waals surface area (Å²) in [4.78, 5) is 19.8. The van der Waals surface area contributed by atoms with Gasteiger partial charge in [0.05, 0.1) is 20.4 Å². The van der Waals surface area contributed by atoms with Crippen molar-refractivity contribution in [1.29, 1.82) is 0 Å². The molecule has 0 unspecified atom stereocenters. The highest BCUT2D eigenvalue weighted by Crippen LogP contribution is 2.28. The van der Waals surface area contributed by atoms with Gasteiger partial charge >= 0.3 is 5.69 Å². The number of aromatic amines is 1. The molecule has 0 aliphatic rings. The first kappa shape index (κ1) is 18.1. The molecule has 4 aromatic rings. The van der Waals surface area contributed by atoms with Crippen LogP contribution in [0.15, 0.2) is 64.7 Å². The van der Waals surface area contributed by atoms with Crippen LogP contribution in [0.5, 0.6) is 11.5 Å². The van der Waals surface area contributed by atoms with Crippen LogP contribution in [0.2, 0.25) is 0 Å². The van der Waals surface area contributed by atoms with E-state index in [0.717, 1.165) is 16.7 Å². The SMILES string of the molecule is COc1cc(CSc2nc3c(-c4ccccc4)cnn3c(=O)[nH]2)cc(OC)c1. The molecule has 4 rings (SSSR count). The van der Waals surface area contributed by atoms with Crippen LogP contribution in [0.25, 0.3) is 16.8 Å². The molecule has 0 saturated carbocycles. The van der Waals surface area contributed by atoms with Gasteiger partial charge in [0.1, 0.15) is 11.5 Å². The Morgan fingerprint density at radius 3 is 2.46 bits per heavy atom. The van der Waals surface area contributed by atoms with Crippen molar-refractivity contribution in [3.63, 3.8) is 0 Å². The Morgan fingerprint density at radius 1 is 1.07 bits per heavy atom. The molecule has 7 nitrogen and oxygen atoms in total. The normalized spacial score (nSPS) is 10.9. The average Bonchev–Trinajstić information content (AvgIpc) is 3.17. The molecule has 0 bridgehead atoms. The van der Waals surface area contributed by atoms with Crippen molar-refractivity contribution in [1.82, 2.24) is 19.6 Å². The number of methoxy groups -OCH3 is 2. The number of thioether (sulfide) groups is 1. The van der Waals surface area contributed by atoms with Gasteiger partial charge in [0, 0.05) is 17.4 Å². The zero-order chi connectivity index (χ0) is 19.5. The van der Waals surface area contributed by atoms with Crippen molar-refractivity contribution in [2.75, 3.05) is 14.2 Å². The van der Waals surface area contributed by atoms with Crippen molar-refractivity contribution < 1.29 is 9.47 Å². The third-order valence-corrected chi connectivity index (χ3v) is 5.17. The highest BCUT2D eigenvalue weighted by Gasteiger charge is 2.12. The molecule has 0 fully saturated rings. The van der Waals surface area contributed by atoms with Gasteiger partial charge in [-0.25, -0.2) is 9.78 Å². The maximum Gasteiger partial charge on any atom is 0.350 e. The second-order valence-electron chi connectivity index (χ2n) is 6.02. The van der Waals surface area contributed by atoms with Crippen LogP contribution < -0.4 is 15.2 Å². The molecular weight excluding hydrogens is 376 g/mol. The fourth-order valence-corrected chi connectivity index (χ4v) is 3.64. The summed E-state index contributed by atoms with van der Waals surface area (Å²) in [5.74, 6) is 2.03. The Hall–Kier alpha value is -3.26. The summed E-state index contributed by atoms with van der Waals surface area (Å²) in [5, 5.41) is 4.69. The zero-order valence-corrected chi connectivity index (χ0v) is 16.2. The Bertz CT molecular complexity index is 1150. The molecule has 0 saturated heterocycles. The summed E-state index contributed by atoms with van der Waals surface area (Å²) in [6, 6.07) is 15.4. The molecular formula is C20H18N4O3S. The van der Waals surface area contributed by atoms with E-state index in [9.17, 15) is 4.79 Å². The van der Waals surface area contributed by atoms with Crippen molar-refractivity contribution in [2.45, 2.75) is 10.9 Å². The number of H-pyrrole nitrogens is 1. The standard InChI is InChI=1S/C20H18N4O3S/c1-26-15-8-13(9-16(10-15)27-2)12-28-19-22-18-17(14-6-4-3-5-7-14)11-21-24(18)20(25)23-19/h3-11H,12H2,1-2H3,(H,22,23,25). The predicted molar refractivity (Wildman–Crippen MR) is 108 cm³/mol. The number of nitrogens with zero attached hydrogens (tertiary/aromatic N) is 3. The second-order valence-corrected chi connectivity index (χ2v) is 6.98. The highest BCUT2D eigenvalue weighted by atomic mass is 32.2. The monoisotopic (exact) mass is 394 g/mol. The minimum Gasteiger partial charge on any atom is -0.497 e. The lowest BCUT2D eigenvalue weighted by molar-refractivity contribution is 0.393. The van der Waals surface area contributed by atoms with Gasteiger partial charge in [-0.2, -0.15) is 9.61 Å². The highest BCUT2D eigenvalue weighted by molar-refractivity contribution is 7.98. The second kappa shape index (κ2) is 7.77. The van der Waals surface area contributed by atoms with E-state index in [0.29, 0.717) is 28.1 Å². The molecule has 8 heteroatoms. The first-order chi connectivity index (χ1) is 13.7. The third kappa shape index (κ3) is 3.59. The Morgan fingerprint density at radius 2 is 1.79 bits per heavy atom. The molecule has 1 N–H and O–H groups in total. The molecule has 0 amide bonds. The quantitative estimate of drug-likeness (QED) is 0.505. The van der Waals surface area contributed by atoms with Gasteiger partial charge in [-0.3, -0.25) is 4.98 Å². The molecule has 2 heterocycles. The van der Waals surface area contributed by atoms with Crippen LogP contribution in [0.3, 0.4) is 0 Å². The molecule has 0 radical (unpaired) electrons. The van der Waals surface area contributed by atoms with Gasteiger partial charge in [-0.05, 0) is 23.3 Å². The third-order valence-electron chi connectivity index (χ3n) is 4.23. The van der Waals surface area contributed by atoms with Gasteiger partial charge < -0.3 is 9.47 Å². The summed E-state index contributed by atoms with van der Waals surface area (Å²) in [5.41, 5.74) is 2.99. The maximum atomic E-state index is 12.4. The molecule has 2 aromatic carbocycles. The summed E-state index contributed by atoms with van der Waals surface area (Å²) < 4.78 is 11.9. The first-order valence-electron chi connectivity index (χ1n) is 8.56. The summed E-state index contributed by atoms with van der Waals surface area (Å²) in [6.07, 6.45) is 1.66. The van der Waals surface area contributed by atoms with Gasteiger partial charge in [-0.1, -0.05) is 42.1 Å². The molecule has 28 heavy (non-hydrogen) atoms. The van der Waals surface area contributed by atoms with Crippen molar-refractivity contribution >= 4 is 17.4 Å². The zero-order valence-electron chi connectivity index (χ0n) is 15.4. The maximum absolute atomic E-state index is 12.4. The predicted octanol–water partition coefficient (Wildman–Crippen LogP) is 3.39. The lowest BCUT2D eigenvalue weighted by atomic mass is 10.1. The fraction of sp³-hybridized carbons (Fsp3) is 0.150. The van der Waals surface area contributed by atoms with E-state index in [1.807, 2.05) is 48.5 Å². The lowest BCUT2D eigenvalue weighted by Gasteiger charge is -2.08. The minimum absolute atomic E-state index is 0.321. The topological polar surface area (TPSA) is 81.5 Å². The Labute approximate surface area is 165 Å². The van der Waals surface area contributed by atoms with Crippen LogP contribution in [0.4, 0.5) is 0 Å². The van der Waals surface area contributed by atoms with E-state index < -0.39 is 0 Å². The Balaban J connectivity index is 1.66. The van der Waals surface area contributed by atoms with Crippen LogP contribution in [0, 0.1) is 0 Å². The van der Waals surface area contributed by atoms with Crippen LogP contribution in [0.1, 0.15) is 5.56 Å². The Kier molecular flexibility index (Phi) is 5.03. The number of aromatic nitrogens is 4. The number of hydrogen-bond acceptors (Lipinski definition) is 6. The molecule has 0 aliphatic carbocycles. The van der Waals surface area contributed by atoms with E-state index in [1.54, 1.807) is 20.4 Å². The van der Waals surface area contributed by atoms with Crippen LogP contribution in [-0.2, 0) is 5.75 Å². The van der Waals surface area contributed by atoms with Crippen molar-refractivity contribution in [2.24, 2.45) is 0 Å². The van der Waals surface area contributed by atoms with Gasteiger partial charge in [0.2, 0.25) is 0 Å². The number of nitrogens with one attached hydrogen (secondary N) is 1. The average molecular weight is 394 g/mol. The fourth-order valence-electron chi connectivity index (χ4n) is 2.86. The molecule has 0 aliphatic heterocycles. The number of fused-ring (bicyclic) bond motifs is 1. The lowest BCUT2D eigenvalue weighted by Crippen LogP contribution is -2.19. The van der Waals surface area contributed by atoms with Gasteiger partial charge in [0.15, 0.2) is 10.8 Å². The first-order valence-corrected chi connectivity index (χ1v) is 9.54. The van der Waals surface area contributed by atoms with Crippen molar-refractivity contribution in [3.8, 4) is 22.6 Å². The number of ether oxygens (including phenoxy) is 2. The van der Waals surface area contributed by atoms with E-state index >= 15 is 0 Å². The molecule has 2 aromatic heterocycles. The number of benzene rings is 2. The molecule has 0 spiro atoms. The van der Waals surface area contributed by atoms with Gasteiger partial charge in [-0.15, -0.1) is 0 Å². The van der Waals surface area contributed by atoms with Gasteiger partial charge in [0.25, 0.3) is 0 Å². The van der Waals surface area contributed by atoms with Crippen molar-refractivity contribution in [3.05, 3.63) is 70.8 Å². The molecule has 142 valence electrons. The van der Waals surface area contributed by atoms with E-state index in [2.05, 4.69) is 15.1 Å². The molecule has 0 atom stereocenters. The number of hydrogen-bond donors (Lipinski definition) is 1. The minimum atomic E-state index is -0.321. The van der Waals surface area contributed by atoms with E-state index in [4.69, 9.17) is 9.47 Å². The summed E-state index contributed by atoms with van der Waals surface area (Å²) in [6.45, 7) is 0. The smallest absolute Gasteiger partial charge is 0.350 e. The largest absolute Gasteiger partial charge is 0.497 e.